The number of alkyl halides is 3. The van der Waals surface area contributed by atoms with E-state index in [0.29, 0.717) is 17.6 Å². The molecule has 0 aromatic heterocycles. The monoisotopic (exact) mass is 380 g/mol. The molecular formula is C9H24Cl3O7P. The maximum Gasteiger partial charge on any atom is 0.466 e. The van der Waals surface area contributed by atoms with Crippen molar-refractivity contribution in [1.29, 1.82) is 0 Å². The molecule has 0 aliphatic heterocycles. The lowest BCUT2D eigenvalue weighted by atomic mass is 10.5. The van der Waals surface area contributed by atoms with Crippen molar-refractivity contribution in [2.24, 2.45) is 0 Å². The van der Waals surface area contributed by atoms with Gasteiger partial charge in [-0.3, -0.25) is 0 Å². The molecule has 0 aromatic carbocycles. The fourth-order valence-electron chi connectivity index (χ4n) is 0. The summed E-state index contributed by atoms with van der Waals surface area (Å²) in [4.78, 5) is 21.6. The van der Waals surface area contributed by atoms with Gasteiger partial charge in [0.05, 0.1) is 18.3 Å². The van der Waals surface area contributed by atoms with Crippen LogP contribution in [0.4, 0.5) is 0 Å². The van der Waals surface area contributed by atoms with Crippen LogP contribution in [-0.4, -0.2) is 66.0 Å². The number of rotatable bonds is 3. The van der Waals surface area contributed by atoms with Crippen molar-refractivity contribution >= 4 is 42.6 Å². The number of hydrogen-bond acceptors (Lipinski definition) is 4. The first-order valence-electron chi connectivity index (χ1n) is 5.32. The van der Waals surface area contributed by atoms with Gasteiger partial charge in [0.25, 0.3) is 0 Å². The van der Waals surface area contributed by atoms with Gasteiger partial charge < -0.3 is 30.0 Å². The van der Waals surface area contributed by atoms with Gasteiger partial charge in [0.15, 0.2) is 0 Å². The molecule has 3 atom stereocenters. The van der Waals surface area contributed by atoms with Gasteiger partial charge in [-0.15, -0.1) is 34.8 Å². The molecule has 0 saturated heterocycles. The molecule has 7 nitrogen and oxygen atoms in total. The lowest BCUT2D eigenvalue weighted by Crippen LogP contribution is -1.98. The van der Waals surface area contributed by atoms with Gasteiger partial charge in [-0.25, -0.2) is 4.57 Å². The molecule has 0 amide bonds. The fraction of sp³-hybridized carbons (Fsp3) is 1.00. The summed E-state index contributed by atoms with van der Waals surface area (Å²) in [6.45, 7) is 4.94. The molecule has 0 bridgehead atoms. The number of aliphatic hydroxyl groups is 3. The van der Waals surface area contributed by atoms with E-state index >= 15 is 0 Å². The van der Waals surface area contributed by atoms with E-state index in [1.165, 1.54) is 0 Å². The summed E-state index contributed by atoms with van der Waals surface area (Å²) >= 11 is 15.3. The Hall–Kier alpha value is 0.860. The Morgan fingerprint density at radius 3 is 0.800 bits per heavy atom. The first-order valence-corrected chi connectivity index (χ1v) is 8.48. The van der Waals surface area contributed by atoms with Crippen molar-refractivity contribution < 1.29 is 34.6 Å². The van der Waals surface area contributed by atoms with Crippen molar-refractivity contribution in [1.82, 2.24) is 0 Å². The third-order valence-corrected chi connectivity index (χ3v) is 2.01. The number of hydrogen-bond donors (Lipinski definition) is 6. The molecule has 128 valence electrons. The molecule has 3 unspecified atom stereocenters. The average molecular weight is 382 g/mol. The van der Waals surface area contributed by atoms with E-state index in [1.54, 1.807) is 20.8 Å². The first kappa shape index (κ1) is 28.9. The van der Waals surface area contributed by atoms with Gasteiger partial charge in [0.1, 0.15) is 0 Å². The predicted octanol–water partition coefficient (Wildman–Crippen LogP) is 0.889. The zero-order valence-corrected chi connectivity index (χ0v) is 14.7. The molecule has 0 saturated carbocycles. The van der Waals surface area contributed by atoms with Gasteiger partial charge in [-0.2, -0.15) is 0 Å². The predicted molar refractivity (Wildman–Crippen MR) is 81.5 cm³/mol. The van der Waals surface area contributed by atoms with Crippen LogP contribution in [0.1, 0.15) is 20.8 Å². The highest BCUT2D eigenvalue weighted by Crippen LogP contribution is 2.25. The Bertz CT molecular complexity index is 184. The third-order valence-electron chi connectivity index (χ3n) is 0.670. The minimum Gasteiger partial charge on any atom is -0.392 e. The van der Waals surface area contributed by atoms with Crippen LogP contribution in [0.2, 0.25) is 0 Å². The highest BCUT2D eigenvalue weighted by Gasteiger charge is 2.00. The molecule has 20 heavy (non-hydrogen) atoms. The Morgan fingerprint density at radius 2 is 0.800 bits per heavy atom. The molecule has 11 heteroatoms. The summed E-state index contributed by atoms with van der Waals surface area (Å²) in [5, 5.41) is 24.7. The minimum absolute atomic E-state index is 0.333. The maximum atomic E-state index is 8.88. The van der Waals surface area contributed by atoms with Gasteiger partial charge in [-0.05, 0) is 20.8 Å². The Labute approximate surface area is 134 Å². The Morgan fingerprint density at radius 1 is 0.750 bits per heavy atom. The van der Waals surface area contributed by atoms with Crippen molar-refractivity contribution in [2.75, 3.05) is 17.6 Å². The van der Waals surface area contributed by atoms with Crippen LogP contribution in [0.15, 0.2) is 0 Å². The van der Waals surface area contributed by atoms with Crippen LogP contribution in [0.25, 0.3) is 0 Å². The molecule has 0 fully saturated rings. The van der Waals surface area contributed by atoms with E-state index in [4.69, 9.17) is 69.4 Å². The second-order valence-corrected chi connectivity index (χ2v) is 5.48. The van der Waals surface area contributed by atoms with E-state index in [9.17, 15) is 0 Å². The zero-order valence-electron chi connectivity index (χ0n) is 11.5. The smallest absolute Gasteiger partial charge is 0.392 e. The van der Waals surface area contributed by atoms with Gasteiger partial charge in [0, 0.05) is 17.6 Å². The largest absolute Gasteiger partial charge is 0.466 e. The molecular weight excluding hydrogens is 357 g/mol. The molecule has 0 aliphatic rings. The number of halogens is 3. The van der Waals surface area contributed by atoms with Crippen molar-refractivity contribution in [3.8, 4) is 0 Å². The molecule has 0 radical (unpaired) electrons. The van der Waals surface area contributed by atoms with Gasteiger partial charge in [-0.1, -0.05) is 0 Å². The quantitative estimate of drug-likeness (QED) is 0.315. The van der Waals surface area contributed by atoms with Crippen LogP contribution in [0, 0.1) is 0 Å². The number of phosphoric acid groups is 1. The summed E-state index contributed by atoms with van der Waals surface area (Å²) < 4.78 is 8.88. The van der Waals surface area contributed by atoms with Crippen LogP contribution in [0.3, 0.4) is 0 Å². The van der Waals surface area contributed by atoms with E-state index in [2.05, 4.69) is 0 Å². The van der Waals surface area contributed by atoms with E-state index in [1.807, 2.05) is 0 Å². The lowest BCUT2D eigenvalue weighted by Gasteiger charge is -1.88. The zero-order chi connectivity index (χ0) is 17.4. The van der Waals surface area contributed by atoms with Gasteiger partial charge in [0.2, 0.25) is 0 Å². The first-order chi connectivity index (χ1) is 8.81. The summed E-state index contributed by atoms with van der Waals surface area (Å²) in [6, 6.07) is 0. The average Bonchev–Trinajstić information content (AvgIpc) is 2.28. The Kier molecular flexibility index (Phi) is 28.7. The van der Waals surface area contributed by atoms with Crippen molar-refractivity contribution in [3.05, 3.63) is 0 Å². The van der Waals surface area contributed by atoms with E-state index in [-0.39, 0.29) is 18.3 Å². The minimum atomic E-state index is -4.64. The molecule has 0 heterocycles. The SMILES string of the molecule is CC(O)CCl.CC(O)CCl.CC(O)CCl.O=P(O)(O)O. The summed E-state index contributed by atoms with van der Waals surface area (Å²) in [5.74, 6) is 1.00. The third kappa shape index (κ3) is 128. The normalized spacial score (nSPS) is 14.2. The highest BCUT2D eigenvalue weighted by atomic mass is 35.5. The van der Waals surface area contributed by atoms with E-state index < -0.39 is 7.82 Å². The second-order valence-electron chi connectivity index (χ2n) is 3.52. The van der Waals surface area contributed by atoms with Gasteiger partial charge >= 0.3 is 7.82 Å². The second kappa shape index (κ2) is 19.9. The Balaban J connectivity index is -0.0000000853. The molecule has 6 N–H and O–H groups in total. The summed E-state index contributed by atoms with van der Waals surface area (Å²) in [7, 11) is -4.64. The lowest BCUT2D eigenvalue weighted by molar-refractivity contribution is 0.218. The highest BCUT2D eigenvalue weighted by molar-refractivity contribution is 7.45. The van der Waals surface area contributed by atoms with Crippen LogP contribution >= 0.6 is 42.6 Å². The summed E-state index contributed by atoms with van der Waals surface area (Å²) in [5.41, 5.74) is 0. The molecule has 0 rings (SSSR count). The topological polar surface area (TPSA) is 138 Å². The maximum absolute atomic E-state index is 8.88. The molecule has 0 aliphatic carbocycles. The van der Waals surface area contributed by atoms with Crippen LogP contribution in [0.5, 0.6) is 0 Å². The van der Waals surface area contributed by atoms with Crippen LogP contribution in [-0.2, 0) is 4.57 Å². The van der Waals surface area contributed by atoms with Crippen molar-refractivity contribution in [3.63, 3.8) is 0 Å². The van der Waals surface area contributed by atoms with Crippen LogP contribution < -0.4 is 0 Å². The fourth-order valence-corrected chi connectivity index (χ4v) is 0. The molecule has 0 aromatic rings. The number of aliphatic hydroxyl groups excluding tert-OH is 3. The summed E-state index contributed by atoms with van der Waals surface area (Å²) in [6.07, 6.45) is -1.05. The van der Waals surface area contributed by atoms with E-state index in [0.717, 1.165) is 0 Å². The standard InChI is InChI=1S/3C3H7ClO.H3O4P/c3*1-3(5)2-4;1-5(2,3)4/h3*3,5H,2H2,1H3;(H3,1,2,3,4). The van der Waals surface area contributed by atoms with Crippen molar-refractivity contribution in [2.45, 2.75) is 39.1 Å². The molecule has 0 spiro atoms.